The number of hydrogen-bond acceptors (Lipinski definition) is 7. The van der Waals surface area contributed by atoms with Gasteiger partial charge in [0.1, 0.15) is 16.5 Å². The highest BCUT2D eigenvalue weighted by atomic mass is 32.1. The Balaban J connectivity index is 1.43. The summed E-state index contributed by atoms with van der Waals surface area (Å²) in [6, 6.07) is 23.0. The van der Waals surface area contributed by atoms with Gasteiger partial charge >= 0.3 is 11.9 Å². The third kappa shape index (κ3) is 4.59. The van der Waals surface area contributed by atoms with Gasteiger partial charge in [-0.15, -0.1) is 0 Å². The molecule has 1 aromatic heterocycles. The molecule has 0 unspecified atom stereocenters. The van der Waals surface area contributed by atoms with Crippen molar-refractivity contribution < 1.29 is 19.1 Å². The summed E-state index contributed by atoms with van der Waals surface area (Å²) in [6.45, 7) is 1.31. The van der Waals surface area contributed by atoms with Crippen LogP contribution in [0.15, 0.2) is 78.9 Å². The van der Waals surface area contributed by atoms with Gasteiger partial charge in [0, 0.05) is 18.1 Å². The molecule has 0 radical (unpaired) electrons. The molecule has 4 aromatic rings. The molecule has 7 heteroatoms. The molecule has 0 N–H and O–H groups in total. The number of carbonyl (C=O) groups excluding carboxylic acids is 2. The van der Waals surface area contributed by atoms with E-state index in [2.05, 4.69) is 9.36 Å². The topological polar surface area (TPSA) is 78.4 Å². The zero-order valence-electron chi connectivity index (χ0n) is 15.9. The smallest absolute Gasteiger partial charge is 0.343 e. The van der Waals surface area contributed by atoms with Crippen molar-refractivity contribution in [2.75, 3.05) is 0 Å². The van der Waals surface area contributed by atoms with E-state index in [9.17, 15) is 9.59 Å². The van der Waals surface area contributed by atoms with E-state index in [1.807, 2.05) is 42.5 Å². The Kier molecular flexibility index (Phi) is 5.63. The van der Waals surface area contributed by atoms with Crippen LogP contribution in [-0.2, 0) is 4.79 Å². The summed E-state index contributed by atoms with van der Waals surface area (Å²) in [5.74, 6) is 0.476. The van der Waals surface area contributed by atoms with E-state index in [4.69, 9.17) is 9.47 Å². The highest BCUT2D eigenvalue weighted by Gasteiger charge is 2.11. The molecule has 30 heavy (non-hydrogen) atoms. The second-order valence-electron chi connectivity index (χ2n) is 6.32. The van der Waals surface area contributed by atoms with E-state index in [0.717, 1.165) is 16.1 Å². The number of ether oxygens (including phenoxy) is 2. The fourth-order valence-electron chi connectivity index (χ4n) is 2.70. The minimum Gasteiger partial charge on any atom is -0.427 e. The Labute approximate surface area is 176 Å². The summed E-state index contributed by atoms with van der Waals surface area (Å²) in [4.78, 5) is 27.8. The SMILES string of the molecule is CC(=O)Oc1ccc(C(=O)Oc2ccc(-c3nsc(-c4ccccc4)n3)cc2)cc1. The molecule has 0 aliphatic carbocycles. The lowest BCUT2D eigenvalue weighted by atomic mass is 10.2. The number of rotatable bonds is 5. The molecule has 148 valence electrons. The van der Waals surface area contributed by atoms with Gasteiger partial charge in [-0.2, -0.15) is 4.37 Å². The predicted octanol–water partition coefficient (Wildman–Crippen LogP) is 5.02. The molecule has 4 rings (SSSR count). The average Bonchev–Trinajstić information content (AvgIpc) is 3.25. The second kappa shape index (κ2) is 8.67. The summed E-state index contributed by atoms with van der Waals surface area (Å²) in [6.07, 6.45) is 0. The van der Waals surface area contributed by atoms with Crippen LogP contribution in [0.5, 0.6) is 11.5 Å². The summed E-state index contributed by atoms with van der Waals surface area (Å²) in [5, 5.41) is 0.846. The zero-order chi connectivity index (χ0) is 20.9. The van der Waals surface area contributed by atoms with E-state index < -0.39 is 11.9 Å². The van der Waals surface area contributed by atoms with Gasteiger partial charge in [-0.3, -0.25) is 4.79 Å². The van der Waals surface area contributed by atoms with Crippen LogP contribution < -0.4 is 9.47 Å². The summed E-state index contributed by atoms with van der Waals surface area (Å²) < 4.78 is 14.8. The number of esters is 2. The number of benzene rings is 3. The normalized spacial score (nSPS) is 10.4. The van der Waals surface area contributed by atoms with Crippen LogP contribution in [0.25, 0.3) is 22.0 Å². The molecule has 0 fully saturated rings. The summed E-state index contributed by atoms with van der Waals surface area (Å²) in [7, 11) is 0. The molecular weight excluding hydrogens is 400 g/mol. The van der Waals surface area contributed by atoms with Crippen molar-refractivity contribution in [1.82, 2.24) is 9.36 Å². The van der Waals surface area contributed by atoms with E-state index >= 15 is 0 Å². The van der Waals surface area contributed by atoms with Crippen molar-refractivity contribution in [2.45, 2.75) is 6.92 Å². The fourth-order valence-corrected chi connectivity index (χ4v) is 3.39. The number of hydrogen-bond donors (Lipinski definition) is 0. The number of nitrogens with zero attached hydrogens (tertiary/aromatic N) is 2. The maximum absolute atomic E-state index is 12.3. The lowest BCUT2D eigenvalue weighted by Crippen LogP contribution is -2.08. The maximum atomic E-state index is 12.3. The van der Waals surface area contributed by atoms with Crippen LogP contribution in [0.2, 0.25) is 0 Å². The first-order valence-electron chi connectivity index (χ1n) is 9.09. The molecule has 0 bridgehead atoms. The molecular formula is C23H16N2O4S. The molecule has 6 nitrogen and oxygen atoms in total. The molecule has 0 amide bonds. The predicted molar refractivity (Wildman–Crippen MR) is 113 cm³/mol. The van der Waals surface area contributed by atoms with Gasteiger partial charge in [-0.1, -0.05) is 30.3 Å². The first kappa shape index (κ1) is 19.5. The van der Waals surface area contributed by atoms with Crippen LogP contribution in [0.3, 0.4) is 0 Å². The number of carbonyl (C=O) groups is 2. The van der Waals surface area contributed by atoms with Gasteiger partial charge in [-0.25, -0.2) is 9.78 Å². The highest BCUT2D eigenvalue weighted by molar-refractivity contribution is 7.09. The van der Waals surface area contributed by atoms with Crippen molar-refractivity contribution >= 4 is 23.5 Å². The molecule has 0 atom stereocenters. The van der Waals surface area contributed by atoms with Crippen LogP contribution in [0, 0.1) is 0 Å². The Morgan fingerprint density at radius 1 is 0.767 bits per heavy atom. The third-order valence-corrected chi connectivity index (χ3v) is 4.89. The van der Waals surface area contributed by atoms with Crippen LogP contribution in [0.1, 0.15) is 17.3 Å². The Morgan fingerprint density at radius 2 is 1.40 bits per heavy atom. The molecule has 0 saturated carbocycles. The van der Waals surface area contributed by atoms with E-state index in [1.165, 1.54) is 18.5 Å². The minimum absolute atomic E-state index is 0.351. The zero-order valence-corrected chi connectivity index (χ0v) is 16.8. The van der Waals surface area contributed by atoms with Gasteiger partial charge in [0.15, 0.2) is 5.82 Å². The van der Waals surface area contributed by atoms with Crippen LogP contribution >= 0.6 is 11.5 Å². The van der Waals surface area contributed by atoms with Gasteiger partial charge in [0.2, 0.25) is 0 Å². The largest absolute Gasteiger partial charge is 0.427 e. The Bertz CT molecular complexity index is 1170. The van der Waals surface area contributed by atoms with Gasteiger partial charge in [0.25, 0.3) is 0 Å². The molecule has 0 aliphatic rings. The fraction of sp³-hybridized carbons (Fsp3) is 0.0435. The lowest BCUT2D eigenvalue weighted by Gasteiger charge is -2.06. The second-order valence-corrected chi connectivity index (χ2v) is 7.07. The molecule has 0 spiro atoms. The van der Waals surface area contributed by atoms with Gasteiger partial charge < -0.3 is 9.47 Å². The van der Waals surface area contributed by atoms with E-state index in [0.29, 0.717) is 22.9 Å². The van der Waals surface area contributed by atoms with Gasteiger partial charge in [0.05, 0.1) is 5.56 Å². The molecule has 0 aliphatic heterocycles. The average molecular weight is 416 g/mol. The summed E-state index contributed by atoms with van der Waals surface area (Å²) in [5.41, 5.74) is 2.20. The lowest BCUT2D eigenvalue weighted by molar-refractivity contribution is -0.131. The molecule has 1 heterocycles. The molecule has 0 saturated heterocycles. The quantitative estimate of drug-likeness (QED) is 0.336. The first-order valence-corrected chi connectivity index (χ1v) is 9.86. The number of aromatic nitrogens is 2. The third-order valence-electron chi connectivity index (χ3n) is 4.12. The Hall–Kier alpha value is -3.84. The standard InChI is InChI=1S/C23H16N2O4S/c1-15(26)28-19-13-9-18(10-14-19)23(27)29-20-11-7-16(8-12-20)21-24-22(30-25-21)17-5-3-2-4-6-17/h2-14H,1H3. The van der Waals surface area contributed by atoms with Crippen molar-refractivity contribution in [2.24, 2.45) is 0 Å². The van der Waals surface area contributed by atoms with Crippen molar-refractivity contribution in [3.63, 3.8) is 0 Å². The van der Waals surface area contributed by atoms with Crippen molar-refractivity contribution in [3.8, 4) is 33.5 Å². The van der Waals surface area contributed by atoms with Crippen molar-refractivity contribution in [3.05, 3.63) is 84.4 Å². The highest BCUT2D eigenvalue weighted by Crippen LogP contribution is 2.27. The van der Waals surface area contributed by atoms with E-state index in [1.54, 1.807) is 36.4 Å². The maximum Gasteiger partial charge on any atom is 0.343 e. The Morgan fingerprint density at radius 3 is 2.07 bits per heavy atom. The monoisotopic (exact) mass is 416 g/mol. The van der Waals surface area contributed by atoms with Crippen LogP contribution in [-0.4, -0.2) is 21.3 Å². The van der Waals surface area contributed by atoms with Crippen LogP contribution in [0.4, 0.5) is 0 Å². The van der Waals surface area contributed by atoms with Gasteiger partial charge in [-0.05, 0) is 60.1 Å². The van der Waals surface area contributed by atoms with Crippen molar-refractivity contribution in [1.29, 1.82) is 0 Å². The first-order chi connectivity index (χ1) is 14.6. The van der Waals surface area contributed by atoms with E-state index in [-0.39, 0.29) is 0 Å². The molecule has 3 aromatic carbocycles. The minimum atomic E-state index is -0.504. The summed E-state index contributed by atoms with van der Waals surface area (Å²) >= 11 is 1.34.